The van der Waals surface area contributed by atoms with Gasteiger partial charge in [0.2, 0.25) is 0 Å². The van der Waals surface area contributed by atoms with E-state index in [1.54, 1.807) is 0 Å². The SMILES string of the molecule is CC(c1ccccc1)C(Br)(c1ccccc1)c1ccccc1. The topological polar surface area (TPSA) is 0 Å². The molecule has 0 nitrogen and oxygen atoms in total. The molecule has 22 heavy (non-hydrogen) atoms. The molecule has 0 aliphatic carbocycles. The van der Waals surface area contributed by atoms with Gasteiger partial charge in [0.1, 0.15) is 0 Å². The Morgan fingerprint density at radius 3 is 1.41 bits per heavy atom. The summed E-state index contributed by atoms with van der Waals surface area (Å²) in [5.74, 6) is 0.304. The summed E-state index contributed by atoms with van der Waals surface area (Å²) < 4.78 is -0.239. The number of alkyl halides is 1. The summed E-state index contributed by atoms with van der Waals surface area (Å²) in [4.78, 5) is 0. The molecule has 1 heteroatoms. The Labute approximate surface area is 141 Å². The number of hydrogen-bond acceptors (Lipinski definition) is 0. The first kappa shape index (κ1) is 15.1. The maximum Gasteiger partial charge on any atom is 0.0820 e. The average molecular weight is 351 g/mol. The monoisotopic (exact) mass is 350 g/mol. The molecule has 0 N–H and O–H groups in total. The normalized spacial score (nSPS) is 12.8. The molecule has 0 aromatic heterocycles. The molecule has 0 saturated carbocycles. The van der Waals surface area contributed by atoms with Gasteiger partial charge in [-0.1, -0.05) is 114 Å². The van der Waals surface area contributed by atoms with E-state index in [-0.39, 0.29) is 4.32 Å². The molecule has 3 aromatic rings. The summed E-state index contributed by atoms with van der Waals surface area (Å²) in [6.45, 7) is 2.28. The van der Waals surface area contributed by atoms with Crippen molar-refractivity contribution >= 4 is 15.9 Å². The van der Waals surface area contributed by atoms with Gasteiger partial charge in [-0.2, -0.15) is 0 Å². The lowest BCUT2D eigenvalue weighted by molar-refractivity contribution is 0.616. The third kappa shape index (κ3) is 2.74. The molecule has 0 spiro atoms. The Morgan fingerprint density at radius 2 is 1.00 bits per heavy atom. The molecule has 1 atom stereocenters. The summed E-state index contributed by atoms with van der Waals surface area (Å²) in [7, 11) is 0. The van der Waals surface area contributed by atoms with Crippen LogP contribution in [0.15, 0.2) is 91.0 Å². The van der Waals surface area contributed by atoms with E-state index in [1.165, 1.54) is 16.7 Å². The molecule has 0 fully saturated rings. The van der Waals surface area contributed by atoms with Gasteiger partial charge in [-0.05, 0) is 16.7 Å². The van der Waals surface area contributed by atoms with Crippen molar-refractivity contribution in [1.82, 2.24) is 0 Å². The summed E-state index contributed by atoms with van der Waals surface area (Å²) in [5.41, 5.74) is 3.88. The van der Waals surface area contributed by atoms with Crippen LogP contribution in [-0.4, -0.2) is 0 Å². The molecule has 0 amide bonds. The molecule has 3 rings (SSSR count). The highest BCUT2D eigenvalue weighted by atomic mass is 79.9. The Kier molecular flexibility index (Phi) is 4.44. The third-order valence-corrected chi connectivity index (χ3v) is 5.89. The predicted molar refractivity (Wildman–Crippen MR) is 97.4 cm³/mol. The highest BCUT2D eigenvalue weighted by Gasteiger charge is 2.37. The zero-order chi connectivity index (χ0) is 15.4. The summed E-state index contributed by atoms with van der Waals surface area (Å²) in [6.07, 6.45) is 0. The Hall–Kier alpha value is -1.86. The van der Waals surface area contributed by atoms with Crippen molar-refractivity contribution in [3.63, 3.8) is 0 Å². The fraction of sp³-hybridized carbons (Fsp3) is 0.143. The van der Waals surface area contributed by atoms with Gasteiger partial charge in [0.15, 0.2) is 0 Å². The largest absolute Gasteiger partial charge is 0.0820 e. The minimum atomic E-state index is -0.239. The van der Waals surface area contributed by atoms with Crippen LogP contribution in [-0.2, 0) is 4.32 Å². The van der Waals surface area contributed by atoms with Gasteiger partial charge < -0.3 is 0 Å². The molecular formula is C21H19Br. The van der Waals surface area contributed by atoms with Crippen molar-refractivity contribution in [2.75, 3.05) is 0 Å². The number of benzene rings is 3. The van der Waals surface area contributed by atoms with E-state index in [1.807, 2.05) is 0 Å². The molecule has 0 aliphatic heterocycles. The molecule has 110 valence electrons. The Balaban J connectivity index is 2.16. The molecular weight excluding hydrogens is 332 g/mol. The highest BCUT2D eigenvalue weighted by molar-refractivity contribution is 9.09. The van der Waals surface area contributed by atoms with E-state index >= 15 is 0 Å². The van der Waals surface area contributed by atoms with E-state index in [0.717, 1.165) is 0 Å². The van der Waals surface area contributed by atoms with Gasteiger partial charge in [-0.25, -0.2) is 0 Å². The zero-order valence-electron chi connectivity index (χ0n) is 12.6. The van der Waals surface area contributed by atoms with Crippen LogP contribution in [0.1, 0.15) is 29.5 Å². The summed E-state index contributed by atoms with van der Waals surface area (Å²) in [5, 5.41) is 0. The lowest BCUT2D eigenvalue weighted by Crippen LogP contribution is -2.27. The summed E-state index contributed by atoms with van der Waals surface area (Å²) in [6, 6.07) is 32.0. The van der Waals surface area contributed by atoms with Crippen molar-refractivity contribution in [1.29, 1.82) is 0 Å². The lowest BCUT2D eigenvalue weighted by Gasteiger charge is -2.35. The molecule has 0 heterocycles. The van der Waals surface area contributed by atoms with Crippen LogP contribution in [0.2, 0.25) is 0 Å². The van der Waals surface area contributed by atoms with Gasteiger partial charge in [0.25, 0.3) is 0 Å². The van der Waals surface area contributed by atoms with Crippen LogP contribution in [0.5, 0.6) is 0 Å². The maximum atomic E-state index is 4.10. The average Bonchev–Trinajstić information content (AvgIpc) is 2.62. The van der Waals surface area contributed by atoms with Gasteiger partial charge in [-0.3, -0.25) is 0 Å². The number of hydrogen-bond donors (Lipinski definition) is 0. The van der Waals surface area contributed by atoms with Crippen molar-refractivity contribution in [2.24, 2.45) is 0 Å². The Morgan fingerprint density at radius 1 is 0.636 bits per heavy atom. The summed E-state index contributed by atoms with van der Waals surface area (Å²) >= 11 is 4.10. The lowest BCUT2D eigenvalue weighted by atomic mass is 9.78. The predicted octanol–water partition coefficient (Wildman–Crippen LogP) is 6.13. The molecule has 3 aromatic carbocycles. The highest BCUT2D eigenvalue weighted by Crippen LogP contribution is 2.49. The van der Waals surface area contributed by atoms with Crippen LogP contribution in [0.3, 0.4) is 0 Å². The molecule has 0 aliphatic rings. The van der Waals surface area contributed by atoms with Crippen molar-refractivity contribution in [3.8, 4) is 0 Å². The second-order valence-corrected chi connectivity index (χ2v) is 6.83. The Bertz CT molecular complexity index is 665. The minimum absolute atomic E-state index is 0.239. The van der Waals surface area contributed by atoms with Crippen LogP contribution in [0, 0.1) is 0 Å². The fourth-order valence-electron chi connectivity index (χ4n) is 3.00. The minimum Gasteiger partial charge on any atom is -0.0742 e. The van der Waals surface area contributed by atoms with E-state index in [4.69, 9.17) is 0 Å². The van der Waals surface area contributed by atoms with E-state index in [0.29, 0.717) is 5.92 Å². The molecule has 0 saturated heterocycles. The van der Waals surface area contributed by atoms with E-state index in [2.05, 4.69) is 114 Å². The van der Waals surface area contributed by atoms with E-state index < -0.39 is 0 Å². The van der Waals surface area contributed by atoms with Crippen LogP contribution >= 0.6 is 15.9 Å². The van der Waals surface area contributed by atoms with Crippen LogP contribution in [0.25, 0.3) is 0 Å². The first-order valence-corrected chi connectivity index (χ1v) is 8.37. The number of halogens is 1. The first-order chi connectivity index (χ1) is 10.7. The van der Waals surface area contributed by atoms with Crippen LogP contribution in [0.4, 0.5) is 0 Å². The van der Waals surface area contributed by atoms with E-state index in [9.17, 15) is 0 Å². The maximum absolute atomic E-state index is 4.10. The fourth-order valence-corrected chi connectivity index (χ4v) is 3.79. The molecule has 1 unspecified atom stereocenters. The van der Waals surface area contributed by atoms with Crippen molar-refractivity contribution in [2.45, 2.75) is 17.2 Å². The molecule has 0 radical (unpaired) electrons. The van der Waals surface area contributed by atoms with Crippen LogP contribution < -0.4 is 0 Å². The van der Waals surface area contributed by atoms with Crippen molar-refractivity contribution < 1.29 is 0 Å². The van der Waals surface area contributed by atoms with Gasteiger partial charge in [0.05, 0.1) is 4.32 Å². The third-order valence-electron chi connectivity index (χ3n) is 4.28. The van der Waals surface area contributed by atoms with Gasteiger partial charge in [-0.15, -0.1) is 0 Å². The molecule has 0 bridgehead atoms. The quantitative estimate of drug-likeness (QED) is 0.496. The first-order valence-electron chi connectivity index (χ1n) is 7.58. The zero-order valence-corrected chi connectivity index (χ0v) is 14.2. The number of rotatable bonds is 4. The second-order valence-electron chi connectivity index (χ2n) is 5.58. The smallest absolute Gasteiger partial charge is 0.0742 e. The second kappa shape index (κ2) is 6.50. The van der Waals surface area contributed by atoms with Crippen molar-refractivity contribution in [3.05, 3.63) is 108 Å². The standard InChI is InChI=1S/C21H19Br/c1-17(18-11-5-2-6-12-18)21(22,19-13-7-3-8-14-19)20-15-9-4-10-16-20/h2-17H,1H3. The van der Waals surface area contributed by atoms with Gasteiger partial charge in [0, 0.05) is 5.92 Å². The van der Waals surface area contributed by atoms with Gasteiger partial charge >= 0.3 is 0 Å².